The number of amides is 1. The number of benzene rings is 1. The molecule has 1 rings (SSSR count). The van der Waals surface area contributed by atoms with Gasteiger partial charge in [-0.3, -0.25) is 10.2 Å². The number of hydrazine groups is 1. The third-order valence-electron chi connectivity index (χ3n) is 1.88. The number of rotatable bonds is 2. The zero-order valence-electron chi connectivity index (χ0n) is 9.42. The minimum Gasteiger partial charge on any atom is -0.270 e. The molecule has 0 unspecified atom stereocenters. The van der Waals surface area contributed by atoms with Crippen LogP contribution in [-0.2, 0) is 0 Å². The Labute approximate surface area is 105 Å². The lowest BCUT2D eigenvalue weighted by Crippen LogP contribution is -2.46. The molecule has 1 aromatic rings. The molecule has 1 N–H and O–H groups in total. The Balaban J connectivity index is 2.74. The van der Waals surface area contributed by atoms with Crippen LogP contribution in [0.5, 0.6) is 0 Å². The summed E-state index contributed by atoms with van der Waals surface area (Å²) in [6.45, 7) is 5.66. The number of halogens is 2. The van der Waals surface area contributed by atoms with Gasteiger partial charge in [-0.25, -0.2) is 0 Å². The highest BCUT2D eigenvalue weighted by Gasteiger charge is 2.21. The highest BCUT2D eigenvalue weighted by Crippen LogP contribution is 2.15. The fourth-order valence-corrected chi connectivity index (χ4v) is 1.22. The molecular formula is C11H14Cl2N2O. The molecule has 0 radical (unpaired) electrons. The van der Waals surface area contributed by atoms with Crippen molar-refractivity contribution in [2.45, 2.75) is 26.3 Å². The first-order valence-corrected chi connectivity index (χ1v) is 5.55. The van der Waals surface area contributed by atoms with Gasteiger partial charge in [-0.2, -0.15) is 0 Å². The molecule has 0 spiro atoms. The van der Waals surface area contributed by atoms with Gasteiger partial charge < -0.3 is 0 Å². The van der Waals surface area contributed by atoms with Gasteiger partial charge in [0.1, 0.15) is 0 Å². The van der Waals surface area contributed by atoms with Crippen molar-refractivity contribution >= 4 is 29.3 Å². The summed E-state index contributed by atoms with van der Waals surface area (Å²) in [5, 5.41) is 0.518. The van der Waals surface area contributed by atoms with Crippen molar-refractivity contribution in [3.63, 3.8) is 0 Å². The summed E-state index contributed by atoms with van der Waals surface area (Å²) in [5.41, 5.74) is 2.69. The number of carbonyl (C=O) groups excluding carboxylic acids is 1. The van der Waals surface area contributed by atoms with E-state index in [1.54, 1.807) is 24.3 Å². The highest BCUT2D eigenvalue weighted by atomic mass is 35.5. The topological polar surface area (TPSA) is 32.3 Å². The summed E-state index contributed by atoms with van der Waals surface area (Å²) < 4.78 is 1.25. The zero-order valence-corrected chi connectivity index (χ0v) is 10.9. The number of carbonyl (C=O) groups is 1. The third kappa shape index (κ3) is 3.67. The fraction of sp³-hybridized carbons (Fsp3) is 0.364. The lowest BCUT2D eigenvalue weighted by Gasteiger charge is -2.28. The summed E-state index contributed by atoms with van der Waals surface area (Å²) in [7, 11) is 0. The lowest BCUT2D eigenvalue weighted by molar-refractivity contribution is 0.0806. The highest BCUT2D eigenvalue weighted by molar-refractivity contribution is 6.31. The van der Waals surface area contributed by atoms with E-state index in [9.17, 15) is 4.79 Å². The molecule has 0 bridgehead atoms. The molecule has 1 amide bonds. The molecule has 0 aliphatic rings. The van der Waals surface area contributed by atoms with Crippen molar-refractivity contribution < 1.29 is 4.79 Å². The van der Waals surface area contributed by atoms with Crippen LogP contribution in [0.15, 0.2) is 24.3 Å². The predicted molar refractivity (Wildman–Crippen MR) is 66.4 cm³/mol. The van der Waals surface area contributed by atoms with Crippen molar-refractivity contribution in [1.29, 1.82) is 0 Å². The summed E-state index contributed by atoms with van der Waals surface area (Å²) in [5.74, 6) is -0.285. The molecule has 0 aromatic heterocycles. The first-order chi connectivity index (χ1) is 7.30. The normalized spacial score (nSPS) is 11.6. The molecule has 3 nitrogen and oxygen atoms in total. The Morgan fingerprint density at radius 3 is 2.50 bits per heavy atom. The molecule has 0 atom stereocenters. The summed E-state index contributed by atoms with van der Waals surface area (Å²) in [6, 6.07) is 6.69. The van der Waals surface area contributed by atoms with Crippen molar-refractivity contribution in [2.75, 3.05) is 0 Å². The molecule has 5 heteroatoms. The van der Waals surface area contributed by atoms with Gasteiger partial charge in [-0.1, -0.05) is 17.7 Å². The molecule has 0 aliphatic carbocycles. The molecule has 1 aromatic carbocycles. The van der Waals surface area contributed by atoms with E-state index >= 15 is 0 Å². The Bertz CT molecular complexity index is 388. The molecule has 88 valence electrons. The van der Waals surface area contributed by atoms with Crippen molar-refractivity contribution in [2.24, 2.45) is 0 Å². The van der Waals surface area contributed by atoms with Gasteiger partial charge in [0, 0.05) is 27.9 Å². The molecule has 0 aliphatic heterocycles. The van der Waals surface area contributed by atoms with Gasteiger partial charge >= 0.3 is 0 Å². The van der Waals surface area contributed by atoms with E-state index in [1.165, 1.54) is 4.53 Å². The van der Waals surface area contributed by atoms with Crippen molar-refractivity contribution in [1.82, 2.24) is 9.95 Å². The maximum atomic E-state index is 11.8. The summed E-state index contributed by atoms with van der Waals surface area (Å²) in [6.07, 6.45) is 0. The van der Waals surface area contributed by atoms with Crippen LogP contribution in [0.1, 0.15) is 31.1 Å². The Hall–Kier alpha value is -0.770. The molecular weight excluding hydrogens is 247 g/mol. The number of nitrogens with zero attached hydrogens (tertiary/aromatic N) is 1. The first kappa shape index (κ1) is 13.3. The Morgan fingerprint density at radius 1 is 1.38 bits per heavy atom. The van der Waals surface area contributed by atoms with E-state index in [4.69, 9.17) is 23.4 Å². The third-order valence-corrected chi connectivity index (χ3v) is 2.70. The fourth-order valence-electron chi connectivity index (χ4n) is 0.951. The number of hydrogen-bond donors (Lipinski definition) is 1. The maximum absolute atomic E-state index is 11.8. The van der Waals surface area contributed by atoms with E-state index in [2.05, 4.69) is 5.43 Å². The second-order valence-electron chi connectivity index (χ2n) is 4.40. The van der Waals surface area contributed by atoms with Crippen LogP contribution in [0.2, 0.25) is 5.02 Å². The van der Waals surface area contributed by atoms with Gasteiger partial charge in [-0.15, -0.1) is 4.53 Å². The molecule has 16 heavy (non-hydrogen) atoms. The van der Waals surface area contributed by atoms with E-state index in [-0.39, 0.29) is 11.4 Å². The standard InChI is InChI=1S/C11H14Cl2N2O/c1-11(2,3)15(13)14-10(16)8-5-4-6-9(12)7-8/h4-7H,1-3H3,(H,14,16). The molecule has 0 heterocycles. The van der Waals surface area contributed by atoms with Crippen LogP contribution in [0, 0.1) is 0 Å². The quantitative estimate of drug-likeness (QED) is 0.654. The van der Waals surface area contributed by atoms with Crippen LogP contribution in [-0.4, -0.2) is 16.0 Å². The van der Waals surface area contributed by atoms with E-state index in [1.807, 2.05) is 20.8 Å². The smallest absolute Gasteiger partial charge is 0.266 e. The lowest BCUT2D eigenvalue weighted by atomic mass is 10.1. The first-order valence-electron chi connectivity index (χ1n) is 4.83. The SMILES string of the molecule is CC(C)(C)N(Cl)NC(=O)c1cccc(Cl)c1. The van der Waals surface area contributed by atoms with Crippen LogP contribution in [0.3, 0.4) is 0 Å². The monoisotopic (exact) mass is 260 g/mol. The van der Waals surface area contributed by atoms with Gasteiger partial charge in [0.15, 0.2) is 0 Å². The second-order valence-corrected chi connectivity index (χ2v) is 5.18. The number of hydrogen-bond acceptors (Lipinski definition) is 2. The minimum atomic E-state index is -0.351. The van der Waals surface area contributed by atoms with Crippen molar-refractivity contribution in [3.8, 4) is 0 Å². The predicted octanol–water partition coefficient (Wildman–Crippen LogP) is 3.24. The Kier molecular flexibility index (Phi) is 4.19. The minimum absolute atomic E-state index is 0.285. The van der Waals surface area contributed by atoms with E-state index in [0.29, 0.717) is 10.6 Å². The molecule has 0 fully saturated rings. The summed E-state index contributed by atoms with van der Waals surface area (Å²) >= 11 is 11.7. The van der Waals surface area contributed by atoms with Gasteiger partial charge in [0.2, 0.25) is 0 Å². The molecule has 0 saturated heterocycles. The van der Waals surface area contributed by atoms with Crippen LogP contribution >= 0.6 is 23.4 Å². The Morgan fingerprint density at radius 2 is 2.00 bits per heavy atom. The molecule has 0 saturated carbocycles. The zero-order chi connectivity index (χ0) is 12.3. The van der Waals surface area contributed by atoms with Crippen LogP contribution in [0.25, 0.3) is 0 Å². The second kappa shape index (κ2) is 5.04. The van der Waals surface area contributed by atoms with Gasteiger partial charge in [-0.05, 0) is 39.0 Å². The maximum Gasteiger partial charge on any atom is 0.266 e. The average Bonchev–Trinajstić information content (AvgIpc) is 2.16. The summed E-state index contributed by atoms with van der Waals surface area (Å²) in [4.78, 5) is 11.8. The van der Waals surface area contributed by atoms with Crippen LogP contribution in [0.4, 0.5) is 0 Å². The van der Waals surface area contributed by atoms with E-state index < -0.39 is 0 Å². The average molecular weight is 261 g/mol. The van der Waals surface area contributed by atoms with Gasteiger partial charge in [0.05, 0.1) is 0 Å². The van der Waals surface area contributed by atoms with E-state index in [0.717, 1.165) is 0 Å². The van der Waals surface area contributed by atoms with Crippen molar-refractivity contribution in [3.05, 3.63) is 34.9 Å². The van der Waals surface area contributed by atoms with Gasteiger partial charge in [0.25, 0.3) is 5.91 Å². The number of nitrogens with one attached hydrogen (secondary N) is 1. The largest absolute Gasteiger partial charge is 0.270 e. The van der Waals surface area contributed by atoms with Crippen LogP contribution < -0.4 is 5.43 Å².